The van der Waals surface area contributed by atoms with Crippen molar-refractivity contribution in [2.75, 3.05) is 18.5 Å². The van der Waals surface area contributed by atoms with Gasteiger partial charge in [-0.25, -0.2) is 0 Å². The fourth-order valence-corrected chi connectivity index (χ4v) is 4.41. The lowest BCUT2D eigenvalue weighted by Gasteiger charge is -2.18. The molecule has 0 saturated heterocycles. The Balaban J connectivity index is 1.23. The van der Waals surface area contributed by atoms with Crippen molar-refractivity contribution in [3.63, 3.8) is 0 Å². The average Bonchev–Trinajstić information content (AvgIpc) is 3.30. The second kappa shape index (κ2) is 8.94. The summed E-state index contributed by atoms with van der Waals surface area (Å²) in [5.41, 5.74) is 4.45. The first kappa shape index (κ1) is 22.0. The van der Waals surface area contributed by atoms with Crippen LogP contribution in [0.25, 0.3) is 27.5 Å². The van der Waals surface area contributed by atoms with Gasteiger partial charge in [0, 0.05) is 16.6 Å². The van der Waals surface area contributed by atoms with E-state index < -0.39 is 0 Å². The molecule has 0 saturated carbocycles. The average molecular weight is 496 g/mol. The van der Waals surface area contributed by atoms with E-state index in [1.807, 2.05) is 43.3 Å². The number of thiocarbonyl (C=S) groups is 1. The minimum absolute atomic E-state index is 0.179. The molecule has 0 bridgehead atoms. The number of aryl methyl sites for hydroxylation is 1. The Morgan fingerprint density at radius 3 is 2.53 bits per heavy atom. The summed E-state index contributed by atoms with van der Waals surface area (Å²) in [6.07, 6.45) is 0. The number of nitrogens with one attached hydrogen (secondary N) is 2. The van der Waals surface area contributed by atoms with Crippen molar-refractivity contribution < 1.29 is 14.3 Å². The lowest BCUT2D eigenvalue weighted by Crippen LogP contribution is -2.34. The summed E-state index contributed by atoms with van der Waals surface area (Å²) in [7, 11) is 0. The van der Waals surface area contributed by atoms with Gasteiger partial charge >= 0.3 is 0 Å². The van der Waals surface area contributed by atoms with Gasteiger partial charge in [0.2, 0.25) is 0 Å². The number of fused-ring (bicyclic) bond motifs is 3. The predicted molar refractivity (Wildman–Crippen MR) is 142 cm³/mol. The largest absolute Gasteiger partial charge is 0.486 e. The first-order valence-electron chi connectivity index (χ1n) is 11.4. The lowest BCUT2D eigenvalue weighted by atomic mass is 10.1. The molecule has 1 aliphatic heterocycles. The Morgan fingerprint density at radius 1 is 0.917 bits per heavy atom. The van der Waals surface area contributed by atoms with Gasteiger partial charge in [-0.05, 0) is 66.5 Å². The number of anilines is 1. The molecule has 178 valence electrons. The maximum Gasteiger partial charge on any atom is 0.257 e. The smallest absolute Gasteiger partial charge is 0.257 e. The molecule has 5 aromatic rings. The first-order chi connectivity index (χ1) is 17.5. The monoisotopic (exact) mass is 495 g/mol. The molecule has 0 fully saturated rings. The van der Waals surface area contributed by atoms with Gasteiger partial charge < -0.3 is 14.8 Å². The van der Waals surface area contributed by atoms with Crippen LogP contribution in [0, 0.1) is 6.92 Å². The summed E-state index contributed by atoms with van der Waals surface area (Å²) >= 11 is 5.41. The van der Waals surface area contributed by atoms with Crippen molar-refractivity contribution in [3.05, 3.63) is 83.9 Å². The summed E-state index contributed by atoms with van der Waals surface area (Å²) in [6.45, 7) is 2.89. The van der Waals surface area contributed by atoms with E-state index in [4.69, 9.17) is 31.9 Å². The van der Waals surface area contributed by atoms with E-state index in [0.29, 0.717) is 35.8 Å². The molecule has 2 heterocycles. The standard InChI is InChI=1S/C27H21N5O3S/c1-16-13-21-22(31-32(30-21)23-8-4-6-17-5-2-3-7-19(17)23)15-20(16)28-27(36)29-26(33)18-9-10-24-25(14-18)35-12-11-34-24/h2-10,13-15H,11-12H2,1H3,(H2,28,29,33,36). The molecule has 8 nitrogen and oxygen atoms in total. The van der Waals surface area contributed by atoms with Gasteiger partial charge in [0.1, 0.15) is 24.2 Å². The van der Waals surface area contributed by atoms with Crippen molar-refractivity contribution in [2.24, 2.45) is 0 Å². The zero-order chi connectivity index (χ0) is 24.6. The SMILES string of the molecule is Cc1cc2nn(-c3cccc4ccccc34)nc2cc1NC(=S)NC(=O)c1ccc2c(c1)OCCO2. The van der Waals surface area contributed by atoms with Crippen LogP contribution in [-0.4, -0.2) is 39.2 Å². The van der Waals surface area contributed by atoms with Crippen LogP contribution in [0.15, 0.2) is 72.8 Å². The highest BCUT2D eigenvalue weighted by molar-refractivity contribution is 7.80. The Morgan fingerprint density at radius 2 is 1.67 bits per heavy atom. The molecular weight excluding hydrogens is 474 g/mol. The summed E-state index contributed by atoms with van der Waals surface area (Å²) in [5.74, 6) is 0.826. The minimum Gasteiger partial charge on any atom is -0.486 e. The molecule has 9 heteroatoms. The van der Waals surface area contributed by atoms with Gasteiger partial charge in [-0.1, -0.05) is 36.4 Å². The second-order valence-electron chi connectivity index (χ2n) is 8.41. The lowest BCUT2D eigenvalue weighted by molar-refractivity contribution is 0.0976. The molecule has 0 spiro atoms. The van der Waals surface area contributed by atoms with E-state index in [1.54, 1.807) is 23.0 Å². The van der Waals surface area contributed by atoms with Crippen molar-refractivity contribution >= 4 is 50.7 Å². The molecule has 1 aromatic heterocycles. The highest BCUT2D eigenvalue weighted by Gasteiger charge is 2.16. The minimum atomic E-state index is -0.342. The van der Waals surface area contributed by atoms with Crippen LogP contribution in [0.4, 0.5) is 5.69 Å². The normalized spacial score (nSPS) is 12.5. The molecule has 0 radical (unpaired) electrons. The van der Waals surface area contributed by atoms with E-state index >= 15 is 0 Å². The second-order valence-corrected chi connectivity index (χ2v) is 8.82. The summed E-state index contributed by atoms with van der Waals surface area (Å²) in [4.78, 5) is 14.4. The number of nitrogens with zero attached hydrogens (tertiary/aromatic N) is 3. The molecule has 36 heavy (non-hydrogen) atoms. The third-order valence-corrected chi connectivity index (χ3v) is 6.19. The third kappa shape index (κ3) is 4.09. The molecule has 1 aliphatic rings. The van der Waals surface area contributed by atoms with E-state index in [0.717, 1.165) is 33.2 Å². The van der Waals surface area contributed by atoms with Crippen LogP contribution < -0.4 is 20.1 Å². The van der Waals surface area contributed by atoms with E-state index in [1.165, 1.54) is 0 Å². The first-order valence-corrected chi connectivity index (χ1v) is 11.8. The third-order valence-electron chi connectivity index (χ3n) is 5.99. The molecule has 0 aliphatic carbocycles. The molecule has 0 atom stereocenters. The van der Waals surface area contributed by atoms with Gasteiger partial charge in [0.25, 0.3) is 5.91 Å². The summed E-state index contributed by atoms with van der Waals surface area (Å²) in [5, 5.41) is 17.6. The number of amides is 1. The van der Waals surface area contributed by atoms with Gasteiger partial charge in [-0.2, -0.15) is 0 Å². The zero-order valence-electron chi connectivity index (χ0n) is 19.3. The fraction of sp³-hybridized carbons (Fsp3) is 0.111. The van der Waals surface area contributed by atoms with Gasteiger partial charge in [0.05, 0.1) is 5.69 Å². The summed E-state index contributed by atoms with van der Waals surface area (Å²) < 4.78 is 11.1. The molecule has 2 N–H and O–H groups in total. The number of hydrogen-bond acceptors (Lipinski definition) is 6. The van der Waals surface area contributed by atoms with Crippen LogP contribution in [0.3, 0.4) is 0 Å². The number of carbonyl (C=O) groups excluding carboxylic acids is 1. The number of ether oxygens (including phenoxy) is 2. The topological polar surface area (TPSA) is 90.3 Å². The Kier molecular flexibility index (Phi) is 5.46. The molecule has 6 rings (SSSR count). The van der Waals surface area contributed by atoms with E-state index in [2.05, 4.69) is 28.8 Å². The predicted octanol–water partition coefficient (Wildman–Crippen LogP) is 4.78. The molecule has 1 amide bonds. The number of rotatable bonds is 3. The Labute approximate surface area is 211 Å². The van der Waals surface area contributed by atoms with Gasteiger partial charge in [-0.15, -0.1) is 15.0 Å². The number of hydrogen-bond donors (Lipinski definition) is 2. The Hall–Kier alpha value is -4.50. The summed E-state index contributed by atoms with van der Waals surface area (Å²) in [6, 6.07) is 23.0. The fourth-order valence-electron chi connectivity index (χ4n) is 4.21. The van der Waals surface area contributed by atoms with Crippen molar-refractivity contribution in [3.8, 4) is 17.2 Å². The van der Waals surface area contributed by atoms with Crippen LogP contribution in [0.2, 0.25) is 0 Å². The van der Waals surface area contributed by atoms with E-state index in [-0.39, 0.29) is 11.0 Å². The van der Waals surface area contributed by atoms with Gasteiger partial charge in [0.15, 0.2) is 16.6 Å². The van der Waals surface area contributed by atoms with Crippen LogP contribution in [0.5, 0.6) is 11.5 Å². The highest BCUT2D eigenvalue weighted by Crippen LogP contribution is 2.31. The number of aromatic nitrogens is 3. The number of carbonyl (C=O) groups is 1. The van der Waals surface area contributed by atoms with Gasteiger partial charge in [-0.3, -0.25) is 10.1 Å². The Bertz CT molecular complexity index is 1660. The molecule has 0 unspecified atom stereocenters. The zero-order valence-corrected chi connectivity index (χ0v) is 20.1. The number of benzene rings is 4. The van der Waals surface area contributed by atoms with Crippen LogP contribution >= 0.6 is 12.2 Å². The van der Waals surface area contributed by atoms with Crippen LogP contribution in [-0.2, 0) is 0 Å². The quantitative estimate of drug-likeness (QED) is 0.348. The van der Waals surface area contributed by atoms with Crippen molar-refractivity contribution in [1.82, 2.24) is 20.3 Å². The van der Waals surface area contributed by atoms with Crippen LogP contribution in [0.1, 0.15) is 15.9 Å². The van der Waals surface area contributed by atoms with Crippen molar-refractivity contribution in [1.29, 1.82) is 0 Å². The maximum absolute atomic E-state index is 12.7. The van der Waals surface area contributed by atoms with E-state index in [9.17, 15) is 4.79 Å². The molecular formula is C27H21N5O3S. The molecule has 4 aromatic carbocycles. The highest BCUT2D eigenvalue weighted by atomic mass is 32.1. The maximum atomic E-state index is 12.7. The van der Waals surface area contributed by atoms with Crippen molar-refractivity contribution in [2.45, 2.75) is 6.92 Å².